The number of halogens is 1. The Balaban J connectivity index is 1.36. The molecule has 4 aromatic rings. The van der Waals surface area contributed by atoms with Crippen molar-refractivity contribution in [1.29, 1.82) is 0 Å². The minimum absolute atomic E-state index is 0.0534. The van der Waals surface area contributed by atoms with Crippen LogP contribution in [-0.2, 0) is 6.54 Å². The number of nitrogens with zero attached hydrogens (tertiary/aromatic N) is 4. The van der Waals surface area contributed by atoms with Gasteiger partial charge >= 0.3 is 0 Å². The fourth-order valence-corrected chi connectivity index (χ4v) is 5.38. The van der Waals surface area contributed by atoms with Crippen LogP contribution in [0, 0.1) is 27.7 Å². The van der Waals surface area contributed by atoms with Crippen molar-refractivity contribution in [2.45, 2.75) is 34.2 Å². The maximum atomic E-state index is 13.1. The largest absolute Gasteiger partial charge is 0.493 e. The van der Waals surface area contributed by atoms with Crippen molar-refractivity contribution < 1.29 is 15.0 Å². The number of hydrogen-bond donors (Lipinski definition) is 3. The van der Waals surface area contributed by atoms with E-state index in [1.165, 1.54) is 4.68 Å². The molecule has 0 radical (unpaired) electrons. The van der Waals surface area contributed by atoms with Crippen LogP contribution in [0.15, 0.2) is 46.9 Å². The average molecular weight is 579 g/mol. The SMILES string of the molecule is Cc1ccc(C(=O)N2CCN(Cc3cc(Nn4c(O)c(C)c(C)c4O)nc4cc(Br)ccc34)CC2)c(C)c1. The van der Waals surface area contributed by atoms with E-state index in [2.05, 4.69) is 32.3 Å². The molecule has 3 N–H and O–H groups in total. The van der Waals surface area contributed by atoms with Crippen LogP contribution in [0.5, 0.6) is 11.8 Å². The zero-order chi connectivity index (χ0) is 27.1. The normalized spacial score (nSPS) is 14.3. The summed E-state index contributed by atoms with van der Waals surface area (Å²) in [6, 6.07) is 13.9. The highest BCUT2D eigenvalue weighted by atomic mass is 79.9. The lowest BCUT2D eigenvalue weighted by Crippen LogP contribution is -2.48. The Bertz CT molecular complexity index is 1510. The van der Waals surface area contributed by atoms with Gasteiger partial charge in [-0.2, -0.15) is 4.68 Å². The van der Waals surface area contributed by atoms with Gasteiger partial charge in [-0.1, -0.05) is 39.7 Å². The highest BCUT2D eigenvalue weighted by Gasteiger charge is 2.24. The standard InChI is InChI=1S/C29H32BrN5O3/c1-17-5-7-23(18(2)13-17)29(38)34-11-9-33(10-12-34)16-21-14-26(31-25-15-22(30)6-8-24(21)25)32-35-27(36)19(3)20(4)28(35)37/h5-8,13-15,36-37H,9-12,16H2,1-4H3,(H,31,32). The molecule has 1 aliphatic heterocycles. The van der Waals surface area contributed by atoms with Crippen molar-refractivity contribution in [3.05, 3.63) is 80.3 Å². The summed E-state index contributed by atoms with van der Waals surface area (Å²) >= 11 is 3.54. The molecule has 1 fully saturated rings. The van der Waals surface area contributed by atoms with Gasteiger partial charge in [-0.3, -0.25) is 15.1 Å². The minimum Gasteiger partial charge on any atom is -0.493 e. The lowest BCUT2D eigenvalue weighted by atomic mass is 10.0. The first-order valence-corrected chi connectivity index (χ1v) is 13.5. The molecule has 2 aromatic heterocycles. The van der Waals surface area contributed by atoms with E-state index in [1.807, 2.05) is 55.1 Å². The Morgan fingerprint density at radius 2 is 1.63 bits per heavy atom. The molecule has 1 amide bonds. The number of anilines is 1. The highest BCUT2D eigenvalue weighted by Crippen LogP contribution is 2.33. The Morgan fingerprint density at radius 3 is 2.29 bits per heavy atom. The third-order valence-electron chi connectivity index (χ3n) is 7.41. The number of rotatable bonds is 5. The molecule has 9 heteroatoms. The van der Waals surface area contributed by atoms with E-state index >= 15 is 0 Å². The molecule has 2 aromatic carbocycles. The van der Waals surface area contributed by atoms with E-state index in [-0.39, 0.29) is 17.7 Å². The van der Waals surface area contributed by atoms with Crippen LogP contribution in [0.3, 0.4) is 0 Å². The van der Waals surface area contributed by atoms with E-state index < -0.39 is 0 Å². The molecule has 198 valence electrons. The Labute approximate surface area is 230 Å². The fourth-order valence-electron chi connectivity index (χ4n) is 5.03. The fraction of sp³-hybridized carbons (Fsp3) is 0.310. The molecule has 0 bridgehead atoms. The molecule has 3 heterocycles. The molecular weight excluding hydrogens is 546 g/mol. The van der Waals surface area contributed by atoms with Gasteiger partial charge in [-0.25, -0.2) is 4.98 Å². The maximum absolute atomic E-state index is 13.1. The van der Waals surface area contributed by atoms with Crippen molar-refractivity contribution in [2.75, 3.05) is 31.6 Å². The predicted molar refractivity (Wildman–Crippen MR) is 153 cm³/mol. The Hall–Kier alpha value is -3.56. The summed E-state index contributed by atoms with van der Waals surface area (Å²) in [6.07, 6.45) is 0. The maximum Gasteiger partial charge on any atom is 0.254 e. The second-order valence-electron chi connectivity index (χ2n) is 10.1. The van der Waals surface area contributed by atoms with Gasteiger partial charge in [0.15, 0.2) is 0 Å². The van der Waals surface area contributed by atoms with Crippen molar-refractivity contribution in [3.63, 3.8) is 0 Å². The van der Waals surface area contributed by atoms with Gasteiger partial charge in [0.1, 0.15) is 5.82 Å². The van der Waals surface area contributed by atoms with Crippen LogP contribution >= 0.6 is 15.9 Å². The molecule has 0 unspecified atom stereocenters. The number of nitrogens with one attached hydrogen (secondary N) is 1. The number of benzene rings is 2. The Morgan fingerprint density at radius 1 is 0.947 bits per heavy atom. The number of pyridine rings is 1. The molecule has 1 aliphatic rings. The van der Waals surface area contributed by atoms with E-state index in [0.717, 1.165) is 50.7 Å². The number of aromatic hydroxyl groups is 2. The first-order valence-electron chi connectivity index (χ1n) is 12.7. The van der Waals surface area contributed by atoms with Crippen molar-refractivity contribution in [3.8, 4) is 11.8 Å². The van der Waals surface area contributed by atoms with Gasteiger partial charge < -0.3 is 15.1 Å². The first-order chi connectivity index (χ1) is 18.1. The second kappa shape index (κ2) is 10.3. The molecule has 0 saturated carbocycles. The van der Waals surface area contributed by atoms with E-state index in [1.54, 1.807) is 13.8 Å². The van der Waals surface area contributed by atoms with Gasteiger partial charge in [0.25, 0.3) is 5.91 Å². The highest BCUT2D eigenvalue weighted by molar-refractivity contribution is 9.10. The number of aryl methyl sites for hydroxylation is 2. The number of aromatic nitrogens is 2. The van der Waals surface area contributed by atoms with Crippen molar-refractivity contribution in [1.82, 2.24) is 19.5 Å². The van der Waals surface area contributed by atoms with Crippen LogP contribution < -0.4 is 5.43 Å². The number of hydrogen-bond acceptors (Lipinski definition) is 6. The van der Waals surface area contributed by atoms with Gasteiger partial charge in [-0.05, 0) is 63.1 Å². The predicted octanol–water partition coefficient (Wildman–Crippen LogP) is 5.28. The molecular formula is C29H32BrN5O3. The first kappa shape index (κ1) is 26.1. The third kappa shape index (κ3) is 4.96. The molecule has 0 atom stereocenters. The third-order valence-corrected chi connectivity index (χ3v) is 7.90. The number of fused-ring (bicyclic) bond motifs is 1. The van der Waals surface area contributed by atoms with Crippen LogP contribution in [0.25, 0.3) is 10.9 Å². The van der Waals surface area contributed by atoms with Crippen molar-refractivity contribution in [2.24, 2.45) is 0 Å². The average Bonchev–Trinajstić information content (AvgIpc) is 3.06. The monoisotopic (exact) mass is 577 g/mol. The number of piperazine rings is 1. The molecule has 0 spiro atoms. The number of carbonyl (C=O) groups excluding carboxylic acids is 1. The number of carbonyl (C=O) groups is 1. The van der Waals surface area contributed by atoms with E-state index in [9.17, 15) is 15.0 Å². The lowest BCUT2D eigenvalue weighted by molar-refractivity contribution is 0.0628. The molecule has 38 heavy (non-hydrogen) atoms. The summed E-state index contributed by atoms with van der Waals surface area (Å²) < 4.78 is 2.16. The van der Waals surface area contributed by atoms with Crippen LogP contribution in [0.2, 0.25) is 0 Å². The zero-order valence-corrected chi connectivity index (χ0v) is 23.6. The van der Waals surface area contributed by atoms with Crippen LogP contribution in [0.1, 0.15) is 38.2 Å². The zero-order valence-electron chi connectivity index (χ0n) is 22.0. The molecule has 5 rings (SSSR count). The summed E-state index contributed by atoms with van der Waals surface area (Å²) in [5, 5.41) is 22.0. The molecule has 8 nitrogen and oxygen atoms in total. The minimum atomic E-state index is -0.0534. The van der Waals surface area contributed by atoms with Crippen molar-refractivity contribution >= 4 is 38.6 Å². The summed E-state index contributed by atoms with van der Waals surface area (Å²) in [6.45, 7) is 11.1. The second-order valence-corrected chi connectivity index (χ2v) is 11.0. The van der Waals surface area contributed by atoms with E-state index in [4.69, 9.17) is 4.98 Å². The van der Waals surface area contributed by atoms with Gasteiger partial charge in [0.05, 0.1) is 5.52 Å². The smallest absolute Gasteiger partial charge is 0.254 e. The van der Waals surface area contributed by atoms with Gasteiger partial charge in [0.2, 0.25) is 11.8 Å². The van der Waals surface area contributed by atoms with Crippen LogP contribution in [-0.4, -0.2) is 61.8 Å². The van der Waals surface area contributed by atoms with Gasteiger partial charge in [-0.15, -0.1) is 0 Å². The number of amides is 1. The molecule has 1 saturated heterocycles. The lowest BCUT2D eigenvalue weighted by Gasteiger charge is -2.35. The van der Waals surface area contributed by atoms with Crippen LogP contribution in [0.4, 0.5) is 5.82 Å². The summed E-state index contributed by atoms with van der Waals surface area (Å²) in [5.74, 6) is 0.490. The van der Waals surface area contributed by atoms with E-state index in [0.29, 0.717) is 36.6 Å². The quantitative estimate of drug-likeness (QED) is 0.299. The van der Waals surface area contributed by atoms with Gasteiger partial charge in [0, 0.05) is 59.3 Å². The Kier molecular flexibility index (Phi) is 7.07. The topological polar surface area (TPSA) is 93.9 Å². The summed E-state index contributed by atoms with van der Waals surface area (Å²) in [7, 11) is 0. The molecule has 0 aliphatic carbocycles. The summed E-state index contributed by atoms with van der Waals surface area (Å²) in [5.41, 5.74) is 9.07. The summed E-state index contributed by atoms with van der Waals surface area (Å²) in [4.78, 5) is 22.2.